The number of hydrogen-bond donors (Lipinski definition) is 1. The monoisotopic (exact) mass is 401 g/mol. The molecule has 0 aromatic heterocycles. The highest BCUT2D eigenvalue weighted by atomic mass is 79.9. The van der Waals surface area contributed by atoms with Crippen molar-refractivity contribution in [2.24, 2.45) is 0 Å². The normalized spacial score (nSPS) is 9.91. The summed E-state index contributed by atoms with van der Waals surface area (Å²) in [6.07, 6.45) is 0. The Kier molecular flexibility index (Phi) is 8.23. The number of benzene rings is 2. The van der Waals surface area contributed by atoms with Crippen molar-refractivity contribution in [1.82, 2.24) is 5.32 Å². The van der Waals surface area contributed by atoms with E-state index in [0.717, 1.165) is 34.4 Å². The minimum absolute atomic E-state index is 0. The van der Waals surface area contributed by atoms with Gasteiger partial charge in [-0.25, -0.2) is 0 Å². The fraction of sp³-hybridized carbons (Fsp3) is 0.294. The Bertz CT molecular complexity index is 637. The molecule has 0 saturated heterocycles. The van der Waals surface area contributed by atoms with E-state index in [1.54, 1.807) is 21.3 Å². The van der Waals surface area contributed by atoms with Crippen LogP contribution in [0.5, 0.6) is 17.2 Å². The first-order valence-corrected chi connectivity index (χ1v) is 7.72. The van der Waals surface area contributed by atoms with Crippen LogP contribution in [-0.4, -0.2) is 21.3 Å². The van der Waals surface area contributed by atoms with Gasteiger partial charge in [-0.05, 0) is 39.7 Å². The Morgan fingerprint density at radius 1 is 0.913 bits per heavy atom. The van der Waals surface area contributed by atoms with Crippen LogP contribution in [0.2, 0.25) is 0 Å². The molecule has 2 aromatic rings. The molecule has 0 bridgehead atoms. The first-order valence-electron chi connectivity index (χ1n) is 6.92. The van der Waals surface area contributed by atoms with Crippen molar-refractivity contribution in [3.8, 4) is 17.2 Å². The summed E-state index contributed by atoms with van der Waals surface area (Å²) in [6, 6.07) is 12.0. The molecule has 126 valence electrons. The van der Waals surface area contributed by atoms with Gasteiger partial charge in [0.1, 0.15) is 5.75 Å². The fourth-order valence-electron chi connectivity index (χ4n) is 2.26. The molecular weight excluding hydrogens is 382 g/mol. The predicted molar refractivity (Wildman–Crippen MR) is 98.0 cm³/mol. The van der Waals surface area contributed by atoms with Crippen molar-refractivity contribution in [2.45, 2.75) is 13.1 Å². The van der Waals surface area contributed by atoms with Crippen LogP contribution in [0.3, 0.4) is 0 Å². The number of halogens is 2. The molecule has 23 heavy (non-hydrogen) atoms. The van der Waals surface area contributed by atoms with Gasteiger partial charge in [0.2, 0.25) is 0 Å². The number of hydrogen-bond acceptors (Lipinski definition) is 4. The molecule has 0 aliphatic carbocycles. The molecule has 2 rings (SSSR count). The SMILES string of the molecule is COc1ccccc1CNCc1cc(Br)c(OC)c(OC)c1.Cl. The minimum atomic E-state index is 0. The molecule has 0 aliphatic rings. The quantitative estimate of drug-likeness (QED) is 0.754. The van der Waals surface area contributed by atoms with Crippen LogP contribution in [0.1, 0.15) is 11.1 Å². The molecule has 0 heterocycles. The smallest absolute Gasteiger partial charge is 0.174 e. The van der Waals surface area contributed by atoms with E-state index >= 15 is 0 Å². The van der Waals surface area contributed by atoms with E-state index in [9.17, 15) is 0 Å². The van der Waals surface area contributed by atoms with Crippen LogP contribution >= 0.6 is 28.3 Å². The molecule has 0 spiro atoms. The Labute approximate surface area is 151 Å². The van der Waals surface area contributed by atoms with Gasteiger partial charge < -0.3 is 19.5 Å². The molecule has 4 nitrogen and oxygen atoms in total. The maximum atomic E-state index is 5.36. The third-order valence-corrected chi connectivity index (χ3v) is 3.92. The first kappa shape index (κ1) is 19.6. The van der Waals surface area contributed by atoms with Crippen molar-refractivity contribution < 1.29 is 14.2 Å². The molecule has 0 atom stereocenters. The summed E-state index contributed by atoms with van der Waals surface area (Å²) < 4.78 is 16.9. The third kappa shape index (κ3) is 5.03. The van der Waals surface area contributed by atoms with Crippen LogP contribution < -0.4 is 19.5 Å². The van der Waals surface area contributed by atoms with Gasteiger partial charge in [-0.15, -0.1) is 12.4 Å². The van der Waals surface area contributed by atoms with Crippen LogP contribution in [-0.2, 0) is 13.1 Å². The second-order valence-electron chi connectivity index (χ2n) is 4.73. The molecule has 2 aromatic carbocycles. The van der Waals surface area contributed by atoms with Crippen molar-refractivity contribution in [3.63, 3.8) is 0 Å². The lowest BCUT2D eigenvalue weighted by molar-refractivity contribution is 0.352. The molecule has 0 unspecified atom stereocenters. The lowest BCUT2D eigenvalue weighted by atomic mass is 10.1. The van der Waals surface area contributed by atoms with E-state index in [0.29, 0.717) is 11.5 Å². The van der Waals surface area contributed by atoms with Crippen LogP contribution in [0.4, 0.5) is 0 Å². The average Bonchev–Trinajstić information content (AvgIpc) is 2.54. The lowest BCUT2D eigenvalue weighted by Crippen LogP contribution is -2.13. The van der Waals surface area contributed by atoms with E-state index in [4.69, 9.17) is 14.2 Å². The third-order valence-electron chi connectivity index (χ3n) is 3.33. The molecule has 0 radical (unpaired) electrons. The minimum Gasteiger partial charge on any atom is -0.496 e. The van der Waals surface area contributed by atoms with Gasteiger partial charge >= 0.3 is 0 Å². The Hall–Kier alpha value is -1.43. The fourth-order valence-corrected chi connectivity index (χ4v) is 2.92. The Morgan fingerprint density at radius 3 is 2.26 bits per heavy atom. The maximum absolute atomic E-state index is 5.36. The van der Waals surface area contributed by atoms with Crippen molar-refractivity contribution >= 4 is 28.3 Å². The summed E-state index contributed by atoms with van der Waals surface area (Å²) in [4.78, 5) is 0. The van der Waals surface area contributed by atoms with E-state index in [2.05, 4.69) is 27.3 Å². The zero-order valence-electron chi connectivity index (χ0n) is 13.4. The van der Waals surface area contributed by atoms with Gasteiger partial charge in [0.05, 0.1) is 25.8 Å². The summed E-state index contributed by atoms with van der Waals surface area (Å²) in [6.45, 7) is 1.45. The molecule has 0 aliphatic heterocycles. The summed E-state index contributed by atoms with van der Waals surface area (Å²) in [5.74, 6) is 2.31. The van der Waals surface area contributed by atoms with Gasteiger partial charge in [-0.3, -0.25) is 0 Å². The zero-order chi connectivity index (χ0) is 15.9. The largest absolute Gasteiger partial charge is 0.496 e. The van der Waals surface area contributed by atoms with Crippen molar-refractivity contribution in [3.05, 3.63) is 52.0 Å². The standard InChI is InChI=1S/C17H20BrNO3.ClH/c1-20-15-7-5-4-6-13(15)11-19-10-12-8-14(18)17(22-3)16(9-12)21-2;/h4-9,19H,10-11H2,1-3H3;1H. The zero-order valence-corrected chi connectivity index (χ0v) is 15.8. The Balaban J connectivity index is 0.00000264. The molecular formula is C17H21BrClNO3. The van der Waals surface area contributed by atoms with Gasteiger partial charge in [0.25, 0.3) is 0 Å². The van der Waals surface area contributed by atoms with E-state index in [-0.39, 0.29) is 12.4 Å². The number of nitrogens with one attached hydrogen (secondary N) is 1. The highest BCUT2D eigenvalue weighted by Gasteiger charge is 2.10. The van der Waals surface area contributed by atoms with Gasteiger partial charge in [0, 0.05) is 18.7 Å². The van der Waals surface area contributed by atoms with Gasteiger partial charge in [-0.2, -0.15) is 0 Å². The maximum Gasteiger partial charge on any atom is 0.174 e. The van der Waals surface area contributed by atoms with Gasteiger partial charge in [-0.1, -0.05) is 18.2 Å². The second-order valence-corrected chi connectivity index (χ2v) is 5.58. The number of para-hydroxylation sites is 1. The summed E-state index contributed by atoms with van der Waals surface area (Å²) in [7, 11) is 4.95. The average molecular weight is 403 g/mol. The van der Waals surface area contributed by atoms with Crippen molar-refractivity contribution in [1.29, 1.82) is 0 Å². The highest BCUT2D eigenvalue weighted by molar-refractivity contribution is 9.10. The van der Waals surface area contributed by atoms with Crippen LogP contribution in [0.15, 0.2) is 40.9 Å². The molecule has 0 saturated carbocycles. The second kappa shape index (κ2) is 9.65. The molecule has 0 fully saturated rings. The Morgan fingerprint density at radius 2 is 1.61 bits per heavy atom. The molecule has 0 amide bonds. The van der Waals surface area contributed by atoms with Gasteiger partial charge in [0.15, 0.2) is 11.5 Å². The molecule has 6 heteroatoms. The van der Waals surface area contributed by atoms with Crippen LogP contribution in [0, 0.1) is 0 Å². The number of ether oxygens (including phenoxy) is 3. The summed E-state index contributed by atoms with van der Waals surface area (Å²) >= 11 is 3.51. The van der Waals surface area contributed by atoms with E-state index in [1.807, 2.05) is 30.3 Å². The number of rotatable bonds is 7. The highest BCUT2D eigenvalue weighted by Crippen LogP contribution is 2.36. The van der Waals surface area contributed by atoms with Crippen molar-refractivity contribution in [2.75, 3.05) is 21.3 Å². The summed E-state index contributed by atoms with van der Waals surface area (Å²) in [5.41, 5.74) is 2.24. The van der Waals surface area contributed by atoms with E-state index < -0.39 is 0 Å². The lowest BCUT2D eigenvalue weighted by Gasteiger charge is -2.13. The topological polar surface area (TPSA) is 39.7 Å². The number of methoxy groups -OCH3 is 3. The van der Waals surface area contributed by atoms with E-state index in [1.165, 1.54) is 0 Å². The van der Waals surface area contributed by atoms with Crippen LogP contribution in [0.25, 0.3) is 0 Å². The first-order chi connectivity index (χ1) is 10.7. The molecule has 1 N–H and O–H groups in total. The predicted octanol–water partition coefficient (Wildman–Crippen LogP) is 4.19. The summed E-state index contributed by atoms with van der Waals surface area (Å²) in [5, 5.41) is 3.41.